The highest BCUT2D eigenvalue weighted by molar-refractivity contribution is 7.89. The molecule has 0 aromatic carbocycles. The third-order valence-corrected chi connectivity index (χ3v) is 4.94. The Bertz CT molecular complexity index is 508. The van der Waals surface area contributed by atoms with Gasteiger partial charge in [-0.05, 0) is 20.3 Å². The van der Waals surface area contributed by atoms with Gasteiger partial charge in [-0.3, -0.25) is 4.68 Å². The number of aromatic nitrogens is 2. The van der Waals surface area contributed by atoms with E-state index in [9.17, 15) is 8.42 Å². The van der Waals surface area contributed by atoms with E-state index in [1.165, 1.54) is 8.99 Å². The van der Waals surface area contributed by atoms with Crippen LogP contribution in [0, 0.1) is 13.8 Å². The van der Waals surface area contributed by atoms with Crippen molar-refractivity contribution in [1.29, 1.82) is 0 Å². The zero-order valence-corrected chi connectivity index (χ0v) is 12.2. The number of nitrogens with zero attached hydrogens (tertiary/aromatic N) is 3. The first-order valence-electron chi connectivity index (χ1n) is 5.97. The van der Waals surface area contributed by atoms with Crippen molar-refractivity contribution in [2.24, 2.45) is 0 Å². The first-order chi connectivity index (χ1) is 8.36. The van der Waals surface area contributed by atoms with Gasteiger partial charge in [-0.15, -0.1) is 0 Å². The van der Waals surface area contributed by atoms with Crippen LogP contribution >= 0.6 is 0 Å². The smallest absolute Gasteiger partial charge is 0.246 e. The maximum atomic E-state index is 12.4. The summed E-state index contributed by atoms with van der Waals surface area (Å²) in [5.41, 5.74) is 1.05. The highest BCUT2D eigenvalue weighted by atomic mass is 32.2. The molecule has 0 aliphatic rings. The van der Waals surface area contributed by atoms with Gasteiger partial charge in [0.25, 0.3) is 0 Å². The first kappa shape index (κ1) is 15.1. The number of aryl methyl sites for hydroxylation is 1. The van der Waals surface area contributed by atoms with Gasteiger partial charge in [0.2, 0.25) is 10.0 Å². The molecule has 1 N–H and O–H groups in total. The number of rotatable bonds is 6. The van der Waals surface area contributed by atoms with E-state index in [2.05, 4.69) is 5.10 Å². The van der Waals surface area contributed by atoms with Crippen LogP contribution in [0.3, 0.4) is 0 Å². The average molecular weight is 275 g/mol. The molecule has 1 aromatic rings. The van der Waals surface area contributed by atoms with Crippen LogP contribution in [-0.2, 0) is 16.6 Å². The van der Waals surface area contributed by atoms with Gasteiger partial charge in [0.05, 0.1) is 24.5 Å². The van der Waals surface area contributed by atoms with Crippen LogP contribution in [0.5, 0.6) is 0 Å². The van der Waals surface area contributed by atoms with E-state index < -0.39 is 10.0 Å². The van der Waals surface area contributed by atoms with Gasteiger partial charge in [-0.2, -0.15) is 5.10 Å². The van der Waals surface area contributed by atoms with Crippen molar-refractivity contribution >= 4 is 10.0 Å². The lowest BCUT2D eigenvalue weighted by Gasteiger charge is -2.16. The van der Waals surface area contributed by atoms with Crippen LogP contribution in [0.15, 0.2) is 4.90 Å². The summed E-state index contributed by atoms with van der Waals surface area (Å²) in [6.45, 7) is 6.04. The lowest BCUT2D eigenvalue weighted by molar-refractivity contribution is 0.267. The molecule has 0 aliphatic carbocycles. The maximum Gasteiger partial charge on any atom is 0.246 e. The molecule has 0 radical (unpaired) electrons. The van der Waals surface area contributed by atoms with Crippen LogP contribution in [0.25, 0.3) is 0 Å². The highest BCUT2D eigenvalue weighted by Crippen LogP contribution is 2.22. The summed E-state index contributed by atoms with van der Waals surface area (Å²) in [6.07, 6.45) is 0.763. The quantitative estimate of drug-likeness (QED) is 0.821. The molecule has 0 unspecified atom stereocenters. The maximum absolute atomic E-state index is 12.4. The summed E-state index contributed by atoms with van der Waals surface area (Å²) >= 11 is 0. The molecule has 0 saturated carbocycles. The Morgan fingerprint density at radius 3 is 2.50 bits per heavy atom. The number of hydrogen-bond acceptors (Lipinski definition) is 4. The number of sulfonamides is 1. The van der Waals surface area contributed by atoms with Gasteiger partial charge in [0.15, 0.2) is 0 Å². The Morgan fingerprint density at radius 2 is 2.00 bits per heavy atom. The zero-order valence-electron chi connectivity index (χ0n) is 11.3. The predicted molar refractivity (Wildman–Crippen MR) is 68.9 cm³/mol. The molecule has 0 amide bonds. The summed E-state index contributed by atoms with van der Waals surface area (Å²) in [5.74, 6) is 0. The largest absolute Gasteiger partial charge is 0.394 e. The van der Waals surface area contributed by atoms with Crippen LogP contribution in [0.1, 0.15) is 24.7 Å². The second kappa shape index (κ2) is 5.81. The molecule has 18 heavy (non-hydrogen) atoms. The van der Waals surface area contributed by atoms with Gasteiger partial charge >= 0.3 is 0 Å². The number of aliphatic hydroxyl groups excluding tert-OH is 1. The molecule has 7 heteroatoms. The molecule has 0 aliphatic heterocycles. The van der Waals surface area contributed by atoms with Crippen LogP contribution < -0.4 is 0 Å². The van der Waals surface area contributed by atoms with E-state index in [1.807, 2.05) is 6.92 Å². The molecule has 0 saturated heterocycles. The molecule has 0 fully saturated rings. The van der Waals surface area contributed by atoms with Crippen molar-refractivity contribution < 1.29 is 13.5 Å². The van der Waals surface area contributed by atoms with E-state index in [0.717, 1.165) is 6.42 Å². The highest BCUT2D eigenvalue weighted by Gasteiger charge is 2.27. The summed E-state index contributed by atoms with van der Waals surface area (Å²) < 4.78 is 27.7. The third kappa shape index (κ3) is 2.73. The molecule has 6 nitrogen and oxygen atoms in total. The van der Waals surface area contributed by atoms with Crippen LogP contribution in [0.4, 0.5) is 0 Å². The number of aliphatic hydroxyl groups is 1. The van der Waals surface area contributed by atoms with Gasteiger partial charge < -0.3 is 5.11 Å². The molecular formula is C11H21N3O3S. The molecule has 0 spiro atoms. The van der Waals surface area contributed by atoms with E-state index in [1.54, 1.807) is 20.9 Å². The molecule has 0 bridgehead atoms. The molecule has 1 rings (SSSR count). The molecule has 104 valence electrons. The SMILES string of the molecule is CCCN(C)S(=O)(=O)c1c(C)nn(CCO)c1C. The summed E-state index contributed by atoms with van der Waals surface area (Å²) in [4.78, 5) is 0.256. The van der Waals surface area contributed by atoms with Crippen molar-refractivity contribution in [2.45, 2.75) is 38.6 Å². The van der Waals surface area contributed by atoms with Crippen molar-refractivity contribution in [2.75, 3.05) is 20.2 Å². The van der Waals surface area contributed by atoms with Crippen molar-refractivity contribution in [3.8, 4) is 0 Å². The monoisotopic (exact) mass is 275 g/mol. The summed E-state index contributed by atoms with van der Waals surface area (Å²) in [6, 6.07) is 0. The number of hydrogen-bond donors (Lipinski definition) is 1. The molecule has 1 heterocycles. The fourth-order valence-corrected chi connectivity index (χ4v) is 3.58. The second-order valence-corrected chi connectivity index (χ2v) is 6.25. The minimum absolute atomic E-state index is 0.0632. The van der Waals surface area contributed by atoms with Crippen molar-refractivity contribution in [3.63, 3.8) is 0 Å². The van der Waals surface area contributed by atoms with Crippen LogP contribution in [0.2, 0.25) is 0 Å². The van der Waals surface area contributed by atoms with Gasteiger partial charge in [0.1, 0.15) is 4.90 Å². The van der Waals surface area contributed by atoms with E-state index in [4.69, 9.17) is 5.11 Å². The summed E-state index contributed by atoms with van der Waals surface area (Å²) in [7, 11) is -1.92. The van der Waals surface area contributed by atoms with Gasteiger partial charge in [-0.25, -0.2) is 12.7 Å². The fourth-order valence-electron chi connectivity index (χ4n) is 1.96. The van der Waals surface area contributed by atoms with Crippen LogP contribution in [-0.4, -0.2) is 47.8 Å². The zero-order chi connectivity index (χ0) is 13.9. The Labute approximate surface area is 108 Å². The topological polar surface area (TPSA) is 75.4 Å². The Hall–Kier alpha value is -0.920. The standard InChI is InChI=1S/C11H21N3O3S/c1-5-6-13(4)18(16,17)11-9(2)12-14(7-8-15)10(11)3/h15H,5-8H2,1-4H3. The Balaban J connectivity index is 3.24. The average Bonchev–Trinajstić information content (AvgIpc) is 2.55. The minimum atomic E-state index is -3.49. The lowest BCUT2D eigenvalue weighted by Crippen LogP contribution is -2.28. The lowest BCUT2D eigenvalue weighted by atomic mass is 10.4. The van der Waals surface area contributed by atoms with Crippen molar-refractivity contribution in [3.05, 3.63) is 11.4 Å². The van der Waals surface area contributed by atoms with E-state index in [-0.39, 0.29) is 11.5 Å². The second-order valence-electron chi connectivity index (χ2n) is 4.27. The Morgan fingerprint density at radius 1 is 1.39 bits per heavy atom. The molecule has 0 atom stereocenters. The third-order valence-electron chi connectivity index (χ3n) is 2.83. The first-order valence-corrected chi connectivity index (χ1v) is 7.41. The molecular weight excluding hydrogens is 254 g/mol. The van der Waals surface area contributed by atoms with Gasteiger partial charge in [0, 0.05) is 13.6 Å². The Kier molecular flexibility index (Phi) is 4.89. The van der Waals surface area contributed by atoms with Gasteiger partial charge in [-0.1, -0.05) is 6.92 Å². The predicted octanol–water partition coefficient (Wildman–Crippen LogP) is 0.523. The van der Waals surface area contributed by atoms with Crippen molar-refractivity contribution in [1.82, 2.24) is 14.1 Å². The molecule has 1 aromatic heterocycles. The van der Waals surface area contributed by atoms with E-state index in [0.29, 0.717) is 24.5 Å². The summed E-state index contributed by atoms with van der Waals surface area (Å²) in [5, 5.41) is 13.1. The fraction of sp³-hybridized carbons (Fsp3) is 0.727. The minimum Gasteiger partial charge on any atom is -0.394 e. The normalized spacial score (nSPS) is 12.3. The van der Waals surface area contributed by atoms with E-state index >= 15 is 0 Å².